The molecule has 142 valence electrons. The molecule has 2 aromatic carbocycles. The zero-order chi connectivity index (χ0) is 20.0. The third-order valence-corrected chi connectivity index (χ3v) is 5.23. The summed E-state index contributed by atoms with van der Waals surface area (Å²) in [5.41, 5.74) is 1.73. The number of hydrogen-bond acceptors (Lipinski definition) is 4. The summed E-state index contributed by atoms with van der Waals surface area (Å²) < 4.78 is 5.66. The van der Waals surface area contributed by atoms with Crippen LogP contribution in [0, 0.1) is 0 Å². The average Bonchev–Trinajstić information content (AvgIpc) is 3.00. The molecular weight excluding hydrogens is 403 g/mol. The number of ether oxygens (including phenoxy) is 1. The molecule has 4 rings (SSSR count). The van der Waals surface area contributed by atoms with Gasteiger partial charge in [0, 0.05) is 6.42 Å². The van der Waals surface area contributed by atoms with Gasteiger partial charge in [-0.15, -0.1) is 0 Å². The number of halogens is 2. The lowest BCUT2D eigenvalue weighted by atomic mass is 10.0. The molecule has 1 saturated heterocycles. The van der Waals surface area contributed by atoms with Crippen molar-refractivity contribution in [1.29, 1.82) is 0 Å². The molecule has 0 aromatic heterocycles. The Kier molecular flexibility index (Phi) is 4.61. The van der Waals surface area contributed by atoms with Crippen molar-refractivity contribution in [3.05, 3.63) is 63.1 Å². The summed E-state index contributed by atoms with van der Waals surface area (Å²) in [6.07, 6.45) is 2.29. The van der Waals surface area contributed by atoms with Gasteiger partial charge < -0.3 is 4.74 Å². The number of nitrogens with zero attached hydrogens (tertiary/aromatic N) is 1. The Morgan fingerprint density at radius 1 is 1.11 bits per heavy atom. The van der Waals surface area contributed by atoms with Crippen molar-refractivity contribution in [3.8, 4) is 5.75 Å². The highest BCUT2D eigenvalue weighted by molar-refractivity contribution is 6.43. The first-order chi connectivity index (χ1) is 13.3. The van der Waals surface area contributed by atoms with Crippen LogP contribution in [0.15, 0.2) is 42.0 Å². The predicted molar refractivity (Wildman–Crippen MR) is 106 cm³/mol. The smallest absolute Gasteiger partial charge is 0.335 e. The third kappa shape index (κ3) is 3.25. The van der Waals surface area contributed by atoms with Gasteiger partial charge in [-0.25, -0.2) is 9.69 Å². The van der Waals surface area contributed by atoms with Crippen LogP contribution < -0.4 is 15.0 Å². The number of hydrogen-bond donors (Lipinski definition) is 1. The van der Waals surface area contributed by atoms with Gasteiger partial charge in [0.15, 0.2) is 0 Å². The van der Waals surface area contributed by atoms with Crippen LogP contribution in [-0.4, -0.2) is 23.9 Å². The van der Waals surface area contributed by atoms with Gasteiger partial charge in [-0.3, -0.25) is 14.9 Å². The Hall–Kier alpha value is -2.83. The molecule has 2 heterocycles. The quantitative estimate of drug-likeness (QED) is 0.593. The monoisotopic (exact) mass is 416 g/mol. The zero-order valence-electron chi connectivity index (χ0n) is 14.7. The largest absolute Gasteiger partial charge is 0.490 e. The van der Waals surface area contributed by atoms with Gasteiger partial charge in [0.2, 0.25) is 0 Å². The minimum atomic E-state index is -0.846. The fourth-order valence-corrected chi connectivity index (χ4v) is 3.51. The summed E-state index contributed by atoms with van der Waals surface area (Å²) >= 11 is 11.9. The van der Waals surface area contributed by atoms with Crippen LogP contribution in [0.25, 0.3) is 6.08 Å². The number of imide groups is 2. The standard InChI is InChI=1S/C20H14Cl2N2O4/c1-10-6-12-7-11(2-5-17(12)28-10)8-14-18(25)23-20(27)24(19(14)26)13-3-4-15(21)16(22)9-13/h2-5,7-10H,6H2,1H3,(H,23,25,27)/b14-8-/t10-/m0/s1. The van der Waals surface area contributed by atoms with E-state index in [0.29, 0.717) is 5.56 Å². The fraction of sp³-hybridized carbons (Fsp3) is 0.150. The number of benzene rings is 2. The van der Waals surface area contributed by atoms with E-state index < -0.39 is 17.8 Å². The molecule has 1 N–H and O–H groups in total. The van der Waals surface area contributed by atoms with Gasteiger partial charge in [-0.1, -0.05) is 29.3 Å². The SMILES string of the molecule is C[C@H]1Cc2cc(/C=C3/C(=O)NC(=O)N(c4ccc(Cl)c(Cl)c4)C3=O)ccc2O1. The number of anilines is 1. The van der Waals surface area contributed by atoms with Crippen molar-refractivity contribution in [2.45, 2.75) is 19.4 Å². The second kappa shape index (κ2) is 6.96. The van der Waals surface area contributed by atoms with Crippen LogP contribution in [0.4, 0.5) is 10.5 Å². The van der Waals surface area contributed by atoms with E-state index in [1.165, 1.54) is 24.3 Å². The molecule has 4 amide bonds. The van der Waals surface area contributed by atoms with Crippen molar-refractivity contribution in [2.75, 3.05) is 4.90 Å². The molecule has 8 heteroatoms. The van der Waals surface area contributed by atoms with Crippen LogP contribution in [-0.2, 0) is 16.0 Å². The molecular formula is C20H14Cl2N2O4. The van der Waals surface area contributed by atoms with Crippen LogP contribution >= 0.6 is 23.2 Å². The van der Waals surface area contributed by atoms with Crippen LogP contribution in [0.2, 0.25) is 10.0 Å². The van der Waals surface area contributed by atoms with E-state index >= 15 is 0 Å². The van der Waals surface area contributed by atoms with Gasteiger partial charge in [0.1, 0.15) is 17.4 Å². The molecule has 0 aliphatic carbocycles. The molecule has 1 fully saturated rings. The first-order valence-corrected chi connectivity index (χ1v) is 9.25. The van der Waals surface area contributed by atoms with Crippen molar-refractivity contribution in [3.63, 3.8) is 0 Å². The molecule has 0 saturated carbocycles. The number of urea groups is 1. The van der Waals surface area contributed by atoms with Gasteiger partial charge in [-0.2, -0.15) is 0 Å². The lowest BCUT2D eigenvalue weighted by molar-refractivity contribution is -0.122. The summed E-state index contributed by atoms with van der Waals surface area (Å²) in [6.45, 7) is 1.97. The maximum atomic E-state index is 12.9. The number of fused-ring (bicyclic) bond motifs is 1. The molecule has 0 bridgehead atoms. The van der Waals surface area contributed by atoms with Crippen molar-refractivity contribution in [1.82, 2.24) is 5.32 Å². The molecule has 0 unspecified atom stereocenters. The Labute approximate surface area is 170 Å². The number of rotatable bonds is 2. The minimum absolute atomic E-state index is 0.0836. The van der Waals surface area contributed by atoms with Gasteiger partial charge in [0.05, 0.1) is 15.7 Å². The average molecular weight is 417 g/mol. The predicted octanol–water partition coefficient (Wildman–Crippen LogP) is 3.98. The van der Waals surface area contributed by atoms with E-state index in [2.05, 4.69) is 5.32 Å². The van der Waals surface area contributed by atoms with E-state index in [0.717, 1.165) is 22.6 Å². The summed E-state index contributed by atoms with van der Waals surface area (Å²) in [7, 11) is 0. The first-order valence-electron chi connectivity index (χ1n) is 8.49. The van der Waals surface area contributed by atoms with E-state index in [4.69, 9.17) is 27.9 Å². The maximum absolute atomic E-state index is 12.9. The lowest BCUT2D eigenvalue weighted by Gasteiger charge is -2.26. The topological polar surface area (TPSA) is 75.7 Å². The number of nitrogens with one attached hydrogen (secondary N) is 1. The maximum Gasteiger partial charge on any atom is 0.335 e. The molecule has 0 radical (unpaired) electrons. The van der Waals surface area contributed by atoms with Crippen LogP contribution in [0.3, 0.4) is 0 Å². The van der Waals surface area contributed by atoms with Crippen LogP contribution in [0.1, 0.15) is 18.1 Å². The van der Waals surface area contributed by atoms with Gasteiger partial charge in [-0.05, 0) is 54.5 Å². The molecule has 2 aliphatic heterocycles. The molecule has 2 aliphatic rings. The minimum Gasteiger partial charge on any atom is -0.490 e. The molecule has 2 aromatic rings. The zero-order valence-corrected chi connectivity index (χ0v) is 16.2. The highest BCUT2D eigenvalue weighted by Crippen LogP contribution is 2.31. The second-order valence-electron chi connectivity index (χ2n) is 6.56. The highest BCUT2D eigenvalue weighted by Gasteiger charge is 2.37. The number of carbonyl (C=O) groups is 3. The Morgan fingerprint density at radius 3 is 2.64 bits per heavy atom. The first kappa shape index (κ1) is 18.5. The Balaban J connectivity index is 1.71. The van der Waals surface area contributed by atoms with Crippen LogP contribution in [0.5, 0.6) is 5.75 Å². The molecule has 0 spiro atoms. The summed E-state index contributed by atoms with van der Waals surface area (Å²) in [6, 6.07) is 8.92. The Bertz CT molecular complexity index is 1060. The van der Waals surface area contributed by atoms with E-state index in [9.17, 15) is 14.4 Å². The van der Waals surface area contributed by atoms with Gasteiger partial charge >= 0.3 is 6.03 Å². The highest BCUT2D eigenvalue weighted by atomic mass is 35.5. The van der Waals surface area contributed by atoms with E-state index in [1.54, 1.807) is 12.1 Å². The van der Waals surface area contributed by atoms with Crippen molar-refractivity contribution >= 4 is 52.8 Å². The normalized spacial score (nSPS) is 20.2. The molecule has 6 nitrogen and oxygen atoms in total. The number of barbiturate groups is 1. The van der Waals surface area contributed by atoms with Gasteiger partial charge in [0.25, 0.3) is 11.8 Å². The summed E-state index contributed by atoms with van der Waals surface area (Å²) in [5.74, 6) is -0.699. The number of amides is 4. The molecule has 28 heavy (non-hydrogen) atoms. The summed E-state index contributed by atoms with van der Waals surface area (Å²) in [4.78, 5) is 38.3. The van der Waals surface area contributed by atoms with Crippen molar-refractivity contribution < 1.29 is 19.1 Å². The third-order valence-electron chi connectivity index (χ3n) is 4.49. The fourth-order valence-electron chi connectivity index (χ4n) is 3.21. The second-order valence-corrected chi connectivity index (χ2v) is 7.37. The van der Waals surface area contributed by atoms with E-state index in [-0.39, 0.29) is 27.4 Å². The molecule has 1 atom stereocenters. The number of carbonyl (C=O) groups excluding carboxylic acids is 3. The van der Waals surface area contributed by atoms with E-state index in [1.807, 2.05) is 13.0 Å². The lowest BCUT2D eigenvalue weighted by Crippen LogP contribution is -2.54. The Morgan fingerprint density at radius 2 is 1.89 bits per heavy atom. The van der Waals surface area contributed by atoms with Crippen molar-refractivity contribution in [2.24, 2.45) is 0 Å². The summed E-state index contributed by atoms with van der Waals surface area (Å²) in [5, 5.41) is 2.66.